The van der Waals surface area contributed by atoms with E-state index in [1.807, 2.05) is 0 Å². The third-order valence-electron chi connectivity index (χ3n) is 3.20. The number of carbonyl (C=O) groups excluding carboxylic acids is 1. The Hall–Kier alpha value is -1.29. The van der Waals surface area contributed by atoms with Gasteiger partial charge >= 0.3 is 5.97 Å². The van der Waals surface area contributed by atoms with Crippen LogP contribution in [0.4, 0.5) is 0 Å². The van der Waals surface area contributed by atoms with Gasteiger partial charge in [-0.2, -0.15) is 16.5 Å². The SMILES string of the molecule is COC(=O)[C@](C)(CSCCCO)NS(=O)(=O)c1ccc(OC)cc1. The lowest BCUT2D eigenvalue weighted by Crippen LogP contribution is -2.54. The van der Waals surface area contributed by atoms with E-state index < -0.39 is 21.5 Å². The van der Waals surface area contributed by atoms with Crippen LogP contribution in [0, 0.1) is 0 Å². The van der Waals surface area contributed by atoms with E-state index in [1.165, 1.54) is 57.2 Å². The average Bonchev–Trinajstić information content (AvgIpc) is 2.57. The first-order chi connectivity index (χ1) is 11.3. The van der Waals surface area contributed by atoms with E-state index >= 15 is 0 Å². The molecule has 0 aliphatic rings. The molecule has 0 radical (unpaired) electrons. The van der Waals surface area contributed by atoms with Crippen molar-refractivity contribution in [2.24, 2.45) is 0 Å². The Morgan fingerprint density at radius 3 is 2.42 bits per heavy atom. The summed E-state index contributed by atoms with van der Waals surface area (Å²) in [5.41, 5.74) is -1.41. The summed E-state index contributed by atoms with van der Waals surface area (Å²) in [6.45, 7) is 1.52. The lowest BCUT2D eigenvalue weighted by molar-refractivity contribution is -0.146. The topological polar surface area (TPSA) is 102 Å². The molecule has 2 N–H and O–H groups in total. The second-order valence-electron chi connectivity index (χ2n) is 5.23. The fourth-order valence-electron chi connectivity index (χ4n) is 1.91. The molecule has 9 heteroatoms. The number of aliphatic hydroxyl groups excluding tert-OH is 1. The average molecular weight is 377 g/mol. The number of benzene rings is 1. The minimum atomic E-state index is -3.91. The molecule has 0 fully saturated rings. The molecule has 0 aromatic heterocycles. The van der Waals surface area contributed by atoms with Crippen LogP contribution in [0.5, 0.6) is 5.75 Å². The van der Waals surface area contributed by atoms with Gasteiger partial charge in [-0.05, 0) is 43.4 Å². The van der Waals surface area contributed by atoms with Gasteiger partial charge in [-0.3, -0.25) is 4.79 Å². The first-order valence-corrected chi connectivity index (χ1v) is 9.88. The standard InChI is InChI=1S/C15H23NO6S2/c1-15(14(18)22-3,11-23-10-4-9-17)16-24(19,20)13-7-5-12(21-2)6-8-13/h5-8,16-17H,4,9-11H2,1-3H3/t15-/m0/s1. The van der Waals surface area contributed by atoms with Crippen molar-refractivity contribution in [3.8, 4) is 5.75 Å². The predicted molar refractivity (Wildman–Crippen MR) is 92.8 cm³/mol. The van der Waals surface area contributed by atoms with Crippen LogP contribution >= 0.6 is 11.8 Å². The lowest BCUT2D eigenvalue weighted by Gasteiger charge is -2.27. The molecule has 136 valence electrons. The molecule has 1 rings (SSSR count). The highest BCUT2D eigenvalue weighted by atomic mass is 32.2. The second kappa shape index (κ2) is 9.26. The number of methoxy groups -OCH3 is 2. The summed E-state index contributed by atoms with van der Waals surface area (Å²) in [5, 5.41) is 8.80. The van der Waals surface area contributed by atoms with Crippen LogP contribution in [0.2, 0.25) is 0 Å². The number of sulfonamides is 1. The van der Waals surface area contributed by atoms with Crippen molar-refractivity contribution in [1.29, 1.82) is 0 Å². The normalized spacial score (nSPS) is 14.0. The highest BCUT2D eigenvalue weighted by molar-refractivity contribution is 7.99. The van der Waals surface area contributed by atoms with Gasteiger partial charge in [0.1, 0.15) is 11.3 Å². The van der Waals surface area contributed by atoms with Crippen molar-refractivity contribution < 1.29 is 27.8 Å². The summed E-state index contributed by atoms with van der Waals surface area (Å²) in [4.78, 5) is 12.1. The largest absolute Gasteiger partial charge is 0.497 e. The minimum Gasteiger partial charge on any atom is -0.497 e. The molecule has 0 aliphatic heterocycles. The number of aliphatic hydroxyl groups is 1. The van der Waals surface area contributed by atoms with Crippen molar-refractivity contribution in [2.45, 2.75) is 23.8 Å². The molecule has 24 heavy (non-hydrogen) atoms. The number of carbonyl (C=O) groups is 1. The third kappa shape index (κ3) is 5.66. The van der Waals surface area contributed by atoms with Crippen molar-refractivity contribution in [1.82, 2.24) is 4.72 Å². The van der Waals surface area contributed by atoms with Crippen molar-refractivity contribution in [2.75, 3.05) is 32.3 Å². The Morgan fingerprint density at radius 2 is 1.92 bits per heavy atom. The number of nitrogens with one attached hydrogen (secondary N) is 1. The van der Waals surface area contributed by atoms with Gasteiger partial charge in [-0.1, -0.05) is 0 Å². The first kappa shape index (κ1) is 20.8. The summed E-state index contributed by atoms with van der Waals surface area (Å²) >= 11 is 1.36. The fourth-order valence-corrected chi connectivity index (χ4v) is 4.44. The van der Waals surface area contributed by atoms with Crippen LogP contribution in [0.1, 0.15) is 13.3 Å². The maximum absolute atomic E-state index is 12.5. The van der Waals surface area contributed by atoms with E-state index in [1.54, 1.807) is 0 Å². The Balaban J connectivity index is 2.95. The second-order valence-corrected chi connectivity index (χ2v) is 8.02. The van der Waals surface area contributed by atoms with Gasteiger partial charge in [0.05, 0.1) is 19.1 Å². The fraction of sp³-hybridized carbons (Fsp3) is 0.533. The molecule has 7 nitrogen and oxygen atoms in total. The maximum Gasteiger partial charge on any atom is 0.327 e. The zero-order valence-electron chi connectivity index (χ0n) is 13.9. The number of hydrogen-bond donors (Lipinski definition) is 2. The number of esters is 1. The van der Waals surface area contributed by atoms with Gasteiger partial charge < -0.3 is 14.6 Å². The van der Waals surface area contributed by atoms with Crippen LogP contribution in [-0.2, 0) is 19.6 Å². The Kier molecular flexibility index (Phi) is 8.01. The van der Waals surface area contributed by atoms with Crippen LogP contribution in [0.25, 0.3) is 0 Å². The molecule has 1 aromatic carbocycles. The van der Waals surface area contributed by atoms with Gasteiger partial charge in [-0.15, -0.1) is 0 Å². The maximum atomic E-state index is 12.5. The number of hydrogen-bond acceptors (Lipinski definition) is 7. The van der Waals surface area contributed by atoms with E-state index in [0.717, 1.165) is 0 Å². The Bertz CT molecular complexity index is 632. The molecular weight excluding hydrogens is 354 g/mol. The zero-order chi connectivity index (χ0) is 18.2. The summed E-state index contributed by atoms with van der Waals surface area (Å²) in [6.07, 6.45) is 0.563. The van der Waals surface area contributed by atoms with Crippen LogP contribution in [0.15, 0.2) is 29.2 Å². The molecule has 0 saturated carbocycles. The van der Waals surface area contributed by atoms with Gasteiger partial charge in [-0.25, -0.2) is 8.42 Å². The van der Waals surface area contributed by atoms with E-state index in [4.69, 9.17) is 14.6 Å². The zero-order valence-corrected chi connectivity index (χ0v) is 15.6. The third-order valence-corrected chi connectivity index (χ3v) is 6.17. The molecule has 0 unspecified atom stereocenters. The smallest absolute Gasteiger partial charge is 0.327 e. The van der Waals surface area contributed by atoms with Gasteiger partial charge in [0.2, 0.25) is 10.0 Å². The Morgan fingerprint density at radius 1 is 1.29 bits per heavy atom. The molecule has 1 atom stereocenters. The molecule has 0 saturated heterocycles. The molecule has 0 amide bonds. The summed E-state index contributed by atoms with van der Waals surface area (Å²) in [7, 11) is -1.22. The van der Waals surface area contributed by atoms with E-state index in [0.29, 0.717) is 17.9 Å². The van der Waals surface area contributed by atoms with E-state index in [2.05, 4.69) is 4.72 Å². The minimum absolute atomic E-state index is 0.0267. The highest BCUT2D eigenvalue weighted by Gasteiger charge is 2.38. The summed E-state index contributed by atoms with van der Waals surface area (Å²) in [5.74, 6) is 0.655. The van der Waals surface area contributed by atoms with Crippen LogP contribution < -0.4 is 9.46 Å². The van der Waals surface area contributed by atoms with Crippen LogP contribution in [0.3, 0.4) is 0 Å². The van der Waals surface area contributed by atoms with Crippen LogP contribution in [-0.4, -0.2) is 57.4 Å². The quantitative estimate of drug-likeness (QED) is 0.464. The molecule has 0 spiro atoms. The lowest BCUT2D eigenvalue weighted by atomic mass is 10.1. The van der Waals surface area contributed by atoms with E-state index in [9.17, 15) is 13.2 Å². The van der Waals surface area contributed by atoms with Gasteiger partial charge in [0.15, 0.2) is 0 Å². The van der Waals surface area contributed by atoms with Crippen molar-refractivity contribution in [3.63, 3.8) is 0 Å². The summed E-state index contributed by atoms with van der Waals surface area (Å²) < 4.78 is 37.3. The molecule has 0 bridgehead atoms. The first-order valence-electron chi connectivity index (χ1n) is 7.24. The Labute approximate surface area is 146 Å². The van der Waals surface area contributed by atoms with Crippen molar-refractivity contribution >= 4 is 27.8 Å². The molecule has 0 aliphatic carbocycles. The van der Waals surface area contributed by atoms with E-state index in [-0.39, 0.29) is 17.3 Å². The van der Waals surface area contributed by atoms with Gasteiger partial charge in [0.25, 0.3) is 0 Å². The monoisotopic (exact) mass is 377 g/mol. The predicted octanol–water partition coefficient (Wildman–Crippen LogP) is 1.02. The summed E-state index contributed by atoms with van der Waals surface area (Å²) in [6, 6.07) is 5.86. The van der Waals surface area contributed by atoms with Gasteiger partial charge in [0, 0.05) is 12.4 Å². The highest BCUT2D eigenvalue weighted by Crippen LogP contribution is 2.21. The molecule has 1 aromatic rings. The van der Waals surface area contributed by atoms with Crippen molar-refractivity contribution in [3.05, 3.63) is 24.3 Å². The number of rotatable bonds is 10. The number of ether oxygens (including phenoxy) is 2. The molecule has 0 heterocycles. The molecular formula is C15H23NO6S2. The number of thioether (sulfide) groups is 1.